The summed E-state index contributed by atoms with van der Waals surface area (Å²) in [7, 11) is 1.67. The lowest BCUT2D eigenvalue weighted by molar-refractivity contribution is -0.0505. The van der Waals surface area contributed by atoms with E-state index in [1.54, 1.807) is 13.1 Å². The lowest BCUT2D eigenvalue weighted by Gasteiger charge is -2.36. The number of hydrogen-bond acceptors (Lipinski definition) is 6. The first kappa shape index (κ1) is 20.8. The third kappa shape index (κ3) is 5.11. The number of guanidine groups is 1. The summed E-state index contributed by atoms with van der Waals surface area (Å²) in [6.07, 6.45) is 4.03. The molecule has 2 heterocycles. The molecule has 0 bridgehead atoms. The number of ether oxygens (including phenoxy) is 4. The summed E-state index contributed by atoms with van der Waals surface area (Å²) in [4.78, 5) is 4.23. The van der Waals surface area contributed by atoms with Gasteiger partial charge in [0.1, 0.15) is 5.75 Å². The number of halogens is 2. The van der Waals surface area contributed by atoms with Crippen LogP contribution >= 0.6 is 11.8 Å². The lowest BCUT2D eigenvalue weighted by Crippen LogP contribution is -2.47. The zero-order valence-electron chi connectivity index (χ0n) is 15.9. The summed E-state index contributed by atoms with van der Waals surface area (Å²) in [5, 5.41) is 6.48. The molecule has 10 heteroatoms. The fourth-order valence-electron chi connectivity index (χ4n) is 3.15. The van der Waals surface area contributed by atoms with Gasteiger partial charge in [-0.3, -0.25) is 4.99 Å². The Balaban J connectivity index is 1.63. The first-order valence-corrected chi connectivity index (χ1v) is 10.2. The summed E-state index contributed by atoms with van der Waals surface area (Å²) in [5.41, 5.74) is 0.526. The van der Waals surface area contributed by atoms with Crippen LogP contribution in [0.3, 0.4) is 0 Å². The number of nitrogens with zero attached hydrogens (tertiary/aromatic N) is 1. The highest BCUT2D eigenvalue weighted by Crippen LogP contribution is 2.38. The second-order valence-electron chi connectivity index (χ2n) is 6.47. The normalized spacial score (nSPS) is 18.2. The predicted molar refractivity (Wildman–Crippen MR) is 104 cm³/mol. The molecular formula is C18H25F2N3O4S. The fourth-order valence-corrected chi connectivity index (χ4v) is 3.94. The van der Waals surface area contributed by atoms with Gasteiger partial charge in [-0.15, -0.1) is 0 Å². The molecule has 0 radical (unpaired) electrons. The number of alkyl halides is 2. The van der Waals surface area contributed by atoms with Gasteiger partial charge in [-0.05, 0) is 25.2 Å². The van der Waals surface area contributed by atoms with Crippen molar-refractivity contribution in [2.24, 2.45) is 4.99 Å². The number of hydrogen-bond donors (Lipinski definition) is 2. The average Bonchev–Trinajstić information content (AvgIpc) is 3.15. The van der Waals surface area contributed by atoms with E-state index in [0.717, 1.165) is 32.6 Å². The second kappa shape index (κ2) is 9.51. The third-order valence-electron chi connectivity index (χ3n) is 4.86. The molecule has 2 N–H and O–H groups in total. The quantitative estimate of drug-likeness (QED) is 0.522. The van der Waals surface area contributed by atoms with Crippen molar-refractivity contribution in [3.8, 4) is 17.2 Å². The van der Waals surface area contributed by atoms with Gasteiger partial charge in [0.2, 0.25) is 6.79 Å². The molecule has 28 heavy (non-hydrogen) atoms. The monoisotopic (exact) mass is 417 g/mol. The highest BCUT2D eigenvalue weighted by molar-refractivity contribution is 8.00. The predicted octanol–water partition coefficient (Wildman–Crippen LogP) is 2.59. The molecule has 156 valence electrons. The Labute approximate surface area is 167 Å². The number of nitrogens with one attached hydrogen (secondary N) is 2. The molecule has 1 saturated heterocycles. The Morgan fingerprint density at radius 3 is 2.61 bits per heavy atom. The van der Waals surface area contributed by atoms with Gasteiger partial charge in [-0.2, -0.15) is 20.5 Å². The summed E-state index contributed by atoms with van der Waals surface area (Å²) in [6, 6.07) is 3.06. The Morgan fingerprint density at radius 2 is 1.96 bits per heavy atom. The summed E-state index contributed by atoms with van der Waals surface area (Å²) in [6.45, 7) is -0.386. The van der Waals surface area contributed by atoms with E-state index in [9.17, 15) is 8.78 Å². The zero-order chi connectivity index (χ0) is 20.0. The van der Waals surface area contributed by atoms with Gasteiger partial charge in [0.25, 0.3) is 0 Å². The number of rotatable bonds is 7. The molecule has 0 saturated carbocycles. The molecule has 0 spiro atoms. The molecule has 0 aliphatic carbocycles. The molecule has 3 rings (SSSR count). The van der Waals surface area contributed by atoms with Crippen LogP contribution in [0.25, 0.3) is 0 Å². The highest BCUT2D eigenvalue weighted by atomic mass is 32.2. The maximum absolute atomic E-state index is 12.8. The maximum atomic E-state index is 12.8. The van der Waals surface area contributed by atoms with E-state index in [-0.39, 0.29) is 23.8 Å². The second-order valence-corrected chi connectivity index (χ2v) is 7.74. The van der Waals surface area contributed by atoms with Crippen LogP contribution < -0.4 is 24.8 Å². The molecule has 0 amide bonds. The smallest absolute Gasteiger partial charge is 0.387 e. The third-order valence-corrected chi connectivity index (χ3v) is 6.28. The van der Waals surface area contributed by atoms with Crippen molar-refractivity contribution in [2.75, 3.05) is 39.9 Å². The molecule has 0 aromatic heterocycles. The minimum atomic E-state index is -2.92. The summed E-state index contributed by atoms with van der Waals surface area (Å²) in [5.74, 6) is 1.53. The Kier molecular flexibility index (Phi) is 7.06. The SMILES string of the molecule is CN=C(NCc1cc2c(cc1OC(F)F)OCO2)NCC1(SC)CCOCC1. The largest absolute Gasteiger partial charge is 0.454 e. The van der Waals surface area contributed by atoms with E-state index >= 15 is 0 Å². The molecule has 0 unspecified atom stereocenters. The Morgan fingerprint density at radius 1 is 1.25 bits per heavy atom. The van der Waals surface area contributed by atoms with Crippen molar-refractivity contribution in [3.63, 3.8) is 0 Å². The Bertz CT molecular complexity index is 700. The topological polar surface area (TPSA) is 73.3 Å². The van der Waals surface area contributed by atoms with E-state index < -0.39 is 6.61 Å². The van der Waals surface area contributed by atoms with Gasteiger partial charge in [0, 0.05) is 49.7 Å². The van der Waals surface area contributed by atoms with E-state index in [2.05, 4.69) is 26.6 Å². The van der Waals surface area contributed by atoms with Crippen LogP contribution in [-0.4, -0.2) is 57.2 Å². The minimum Gasteiger partial charge on any atom is -0.454 e. The van der Waals surface area contributed by atoms with Gasteiger partial charge in [-0.25, -0.2) is 0 Å². The number of thioether (sulfide) groups is 1. The average molecular weight is 417 g/mol. The van der Waals surface area contributed by atoms with Gasteiger partial charge in [0.05, 0.1) is 0 Å². The summed E-state index contributed by atoms with van der Waals surface area (Å²) >= 11 is 1.82. The van der Waals surface area contributed by atoms with Crippen LogP contribution in [0.2, 0.25) is 0 Å². The van der Waals surface area contributed by atoms with Crippen molar-refractivity contribution in [1.29, 1.82) is 0 Å². The van der Waals surface area contributed by atoms with Gasteiger partial charge in [0.15, 0.2) is 17.5 Å². The maximum Gasteiger partial charge on any atom is 0.387 e. The molecule has 1 aromatic rings. The van der Waals surface area contributed by atoms with Crippen LogP contribution in [0.15, 0.2) is 17.1 Å². The van der Waals surface area contributed by atoms with Crippen LogP contribution in [0.1, 0.15) is 18.4 Å². The van der Waals surface area contributed by atoms with Crippen molar-refractivity contribution < 1.29 is 27.7 Å². The van der Waals surface area contributed by atoms with Crippen LogP contribution in [0.4, 0.5) is 8.78 Å². The lowest BCUT2D eigenvalue weighted by atomic mass is 9.99. The Hall–Kier alpha value is -1.94. The molecule has 1 fully saturated rings. The first-order valence-electron chi connectivity index (χ1n) is 9.00. The number of fused-ring (bicyclic) bond motifs is 1. The molecular weight excluding hydrogens is 392 g/mol. The first-order chi connectivity index (χ1) is 13.5. The molecule has 2 aliphatic heterocycles. The molecule has 1 aromatic carbocycles. The van der Waals surface area contributed by atoms with Crippen molar-refractivity contribution >= 4 is 17.7 Å². The van der Waals surface area contributed by atoms with E-state index in [1.165, 1.54) is 6.07 Å². The molecule has 2 aliphatic rings. The van der Waals surface area contributed by atoms with E-state index in [0.29, 0.717) is 23.0 Å². The van der Waals surface area contributed by atoms with E-state index in [4.69, 9.17) is 14.2 Å². The van der Waals surface area contributed by atoms with Gasteiger partial charge < -0.3 is 29.6 Å². The van der Waals surface area contributed by atoms with Crippen LogP contribution in [-0.2, 0) is 11.3 Å². The van der Waals surface area contributed by atoms with Crippen molar-refractivity contribution in [3.05, 3.63) is 17.7 Å². The summed E-state index contributed by atoms with van der Waals surface area (Å²) < 4.78 is 46.3. The zero-order valence-corrected chi connectivity index (χ0v) is 16.7. The van der Waals surface area contributed by atoms with Gasteiger partial charge in [-0.1, -0.05) is 0 Å². The van der Waals surface area contributed by atoms with Crippen LogP contribution in [0, 0.1) is 0 Å². The molecule has 7 nitrogen and oxygen atoms in total. The van der Waals surface area contributed by atoms with Crippen molar-refractivity contribution in [1.82, 2.24) is 10.6 Å². The highest BCUT2D eigenvalue weighted by Gasteiger charge is 2.31. The molecule has 0 atom stereocenters. The number of benzene rings is 1. The standard InChI is InChI=1S/C18H25F2N3O4S/c1-21-17(23-10-18(28-2)3-5-24-6-4-18)22-9-12-7-14-15(26-11-25-14)8-13(12)27-16(19)20/h7-8,16H,3-6,9-11H2,1-2H3,(H2,21,22,23). The van der Waals surface area contributed by atoms with Gasteiger partial charge >= 0.3 is 6.61 Å². The fraction of sp³-hybridized carbons (Fsp3) is 0.611. The van der Waals surface area contributed by atoms with Crippen LogP contribution in [0.5, 0.6) is 17.2 Å². The van der Waals surface area contributed by atoms with Crippen molar-refractivity contribution in [2.45, 2.75) is 30.7 Å². The number of aliphatic imine (C=N–C) groups is 1. The van der Waals surface area contributed by atoms with E-state index in [1.807, 2.05) is 11.8 Å². The minimum absolute atomic E-state index is 0.0483.